The second-order valence-electron chi connectivity index (χ2n) is 5.28. The van der Waals surface area contributed by atoms with Gasteiger partial charge in [0.1, 0.15) is 0 Å². The molecule has 2 heterocycles. The number of pyridine rings is 1. The first-order valence-corrected chi connectivity index (χ1v) is 7.11. The lowest BCUT2D eigenvalue weighted by Gasteiger charge is -2.22. The van der Waals surface area contributed by atoms with Crippen LogP contribution in [0.5, 0.6) is 0 Å². The lowest BCUT2D eigenvalue weighted by atomic mass is 10.2. The summed E-state index contributed by atoms with van der Waals surface area (Å²) >= 11 is 0. The van der Waals surface area contributed by atoms with Gasteiger partial charge >= 0.3 is 0 Å². The molecule has 20 heavy (non-hydrogen) atoms. The monoisotopic (exact) mass is 269 g/mol. The fourth-order valence-electron chi connectivity index (χ4n) is 2.61. The summed E-state index contributed by atoms with van der Waals surface area (Å²) in [6.45, 7) is 4.21. The van der Waals surface area contributed by atoms with Crippen molar-refractivity contribution in [2.75, 3.05) is 13.1 Å². The number of nitrogens with zero attached hydrogens (tertiary/aromatic N) is 2. The fourth-order valence-corrected chi connectivity index (χ4v) is 2.61. The number of amides is 1. The Bertz CT molecular complexity index is 626. The molecule has 1 fully saturated rings. The summed E-state index contributed by atoms with van der Waals surface area (Å²) < 4.78 is 0. The number of aromatic nitrogens is 1. The van der Waals surface area contributed by atoms with Crippen molar-refractivity contribution >= 4 is 16.8 Å². The van der Waals surface area contributed by atoms with Crippen molar-refractivity contribution in [1.82, 2.24) is 15.2 Å². The Morgan fingerprint density at radius 1 is 1.30 bits per heavy atom. The second-order valence-corrected chi connectivity index (χ2v) is 5.28. The number of para-hydroxylation sites is 1. The molecule has 0 saturated carbocycles. The third-order valence-electron chi connectivity index (χ3n) is 3.75. The van der Waals surface area contributed by atoms with Crippen LogP contribution in [0.25, 0.3) is 10.9 Å². The maximum atomic E-state index is 12.2. The van der Waals surface area contributed by atoms with Crippen LogP contribution < -0.4 is 5.32 Å². The zero-order valence-electron chi connectivity index (χ0n) is 11.7. The molecule has 1 saturated heterocycles. The van der Waals surface area contributed by atoms with Crippen LogP contribution in [0.1, 0.15) is 19.0 Å². The molecule has 1 aromatic carbocycles. The van der Waals surface area contributed by atoms with Crippen molar-refractivity contribution in [3.8, 4) is 0 Å². The fraction of sp³-hybridized carbons (Fsp3) is 0.375. The van der Waals surface area contributed by atoms with Crippen molar-refractivity contribution in [2.24, 2.45) is 0 Å². The van der Waals surface area contributed by atoms with E-state index >= 15 is 0 Å². The molecule has 1 aromatic heterocycles. The van der Waals surface area contributed by atoms with Crippen molar-refractivity contribution in [3.05, 3.63) is 42.1 Å². The summed E-state index contributed by atoms with van der Waals surface area (Å²) in [5.41, 5.74) is 1.93. The van der Waals surface area contributed by atoms with E-state index in [9.17, 15) is 4.79 Å². The predicted molar refractivity (Wildman–Crippen MR) is 79.2 cm³/mol. The summed E-state index contributed by atoms with van der Waals surface area (Å²) in [4.78, 5) is 18.8. The van der Waals surface area contributed by atoms with E-state index in [1.54, 1.807) is 0 Å². The highest BCUT2D eigenvalue weighted by Gasteiger charge is 2.23. The number of hydrogen-bond acceptors (Lipinski definition) is 3. The van der Waals surface area contributed by atoms with Gasteiger partial charge in [0.05, 0.1) is 23.8 Å². The molecule has 0 aliphatic carbocycles. The molecule has 1 atom stereocenters. The zero-order chi connectivity index (χ0) is 13.9. The molecule has 3 rings (SSSR count). The molecule has 4 heteroatoms. The van der Waals surface area contributed by atoms with E-state index in [1.807, 2.05) is 36.1 Å². The van der Waals surface area contributed by atoms with E-state index in [4.69, 9.17) is 0 Å². The minimum absolute atomic E-state index is 0.0991. The number of carbonyl (C=O) groups excluding carboxylic acids is 1. The van der Waals surface area contributed by atoms with Crippen molar-refractivity contribution < 1.29 is 4.79 Å². The standard InChI is InChI=1S/C16H19N3O/c1-12-16(20)19(10-4-9-17-12)11-14-8-7-13-5-2-3-6-15(13)18-14/h2-3,5-8,12,17H,4,9-11H2,1H3. The van der Waals surface area contributed by atoms with Crippen LogP contribution in [0.3, 0.4) is 0 Å². The Labute approximate surface area is 118 Å². The highest BCUT2D eigenvalue weighted by Crippen LogP contribution is 2.14. The van der Waals surface area contributed by atoms with Gasteiger partial charge in [-0.3, -0.25) is 9.78 Å². The maximum absolute atomic E-state index is 12.2. The average Bonchev–Trinajstić information content (AvgIpc) is 2.63. The summed E-state index contributed by atoms with van der Waals surface area (Å²) in [6.07, 6.45) is 0.990. The van der Waals surface area contributed by atoms with Crippen LogP contribution in [0.15, 0.2) is 36.4 Å². The molecule has 1 unspecified atom stereocenters. The van der Waals surface area contributed by atoms with Crippen LogP contribution in [0, 0.1) is 0 Å². The van der Waals surface area contributed by atoms with E-state index in [0.29, 0.717) is 6.54 Å². The summed E-state index contributed by atoms with van der Waals surface area (Å²) in [6, 6.07) is 12.0. The number of fused-ring (bicyclic) bond motifs is 1. The topological polar surface area (TPSA) is 45.2 Å². The van der Waals surface area contributed by atoms with E-state index in [0.717, 1.165) is 36.1 Å². The third kappa shape index (κ3) is 2.65. The van der Waals surface area contributed by atoms with Crippen molar-refractivity contribution in [1.29, 1.82) is 0 Å². The molecular weight excluding hydrogens is 250 g/mol. The highest BCUT2D eigenvalue weighted by molar-refractivity contribution is 5.82. The second kappa shape index (κ2) is 5.59. The molecule has 1 N–H and O–H groups in total. The van der Waals surface area contributed by atoms with Gasteiger partial charge in [0.2, 0.25) is 5.91 Å². The quantitative estimate of drug-likeness (QED) is 0.906. The minimum atomic E-state index is -0.0991. The van der Waals surface area contributed by atoms with Crippen LogP contribution in [-0.2, 0) is 11.3 Å². The maximum Gasteiger partial charge on any atom is 0.239 e. The Morgan fingerprint density at radius 2 is 2.15 bits per heavy atom. The molecule has 1 aliphatic rings. The number of benzene rings is 1. The number of carbonyl (C=O) groups is 1. The summed E-state index contributed by atoms with van der Waals surface area (Å²) in [7, 11) is 0. The first-order valence-electron chi connectivity index (χ1n) is 7.11. The lowest BCUT2D eigenvalue weighted by molar-refractivity contribution is -0.132. The predicted octanol–water partition coefficient (Wildman–Crippen LogP) is 1.95. The summed E-state index contributed by atoms with van der Waals surface area (Å²) in [5.74, 6) is 0.164. The minimum Gasteiger partial charge on any atom is -0.335 e. The number of nitrogens with one attached hydrogen (secondary N) is 1. The Morgan fingerprint density at radius 3 is 3.05 bits per heavy atom. The average molecular weight is 269 g/mol. The first-order chi connectivity index (χ1) is 9.74. The molecule has 104 valence electrons. The molecule has 2 aromatic rings. The Hall–Kier alpha value is -1.94. The highest BCUT2D eigenvalue weighted by atomic mass is 16.2. The third-order valence-corrected chi connectivity index (χ3v) is 3.75. The smallest absolute Gasteiger partial charge is 0.239 e. The molecule has 4 nitrogen and oxygen atoms in total. The molecule has 1 aliphatic heterocycles. The van der Waals surface area contributed by atoms with Gasteiger partial charge in [-0.15, -0.1) is 0 Å². The van der Waals surface area contributed by atoms with E-state index in [-0.39, 0.29) is 11.9 Å². The van der Waals surface area contributed by atoms with Crippen LogP contribution in [-0.4, -0.2) is 34.9 Å². The van der Waals surface area contributed by atoms with Gasteiger partial charge in [-0.25, -0.2) is 0 Å². The van der Waals surface area contributed by atoms with E-state index in [1.165, 1.54) is 0 Å². The number of hydrogen-bond donors (Lipinski definition) is 1. The van der Waals surface area contributed by atoms with E-state index in [2.05, 4.69) is 22.4 Å². The van der Waals surface area contributed by atoms with Gasteiger partial charge in [-0.1, -0.05) is 24.3 Å². The number of rotatable bonds is 2. The molecule has 0 spiro atoms. The van der Waals surface area contributed by atoms with Gasteiger partial charge in [-0.05, 0) is 32.0 Å². The van der Waals surface area contributed by atoms with Crippen LogP contribution in [0.4, 0.5) is 0 Å². The normalized spacial score (nSPS) is 20.1. The summed E-state index contributed by atoms with van der Waals surface area (Å²) in [5, 5.41) is 4.36. The van der Waals surface area contributed by atoms with Crippen LogP contribution >= 0.6 is 0 Å². The molecule has 0 radical (unpaired) electrons. The molecular formula is C16H19N3O. The lowest BCUT2D eigenvalue weighted by Crippen LogP contribution is -2.41. The molecule has 0 bridgehead atoms. The van der Waals surface area contributed by atoms with Gasteiger partial charge in [0.25, 0.3) is 0 Å². The SMILES string of the molecule is CC1NCCCN(Cc2ccc3ccccc3n2)C1=O. The largest absolute Gasteiger partial charge is 0.335 e. The first kappa shape index (κ1) is 13.1. The van der Waals surface area contributed by atoms with Gasteiger partial charge in [-0.2, -0.15) is 0 Å². The van der Waals surface area contributed by atoms with E-state index < -0.39 is 0 Å². The van der Waals surface area contributed by atoms with Crippen molar-refractivity contribution in [3.63, 3.8) is 0 Å². The van der Waals surface area contributed by atoms with Gasteiger partial charge in [0, 0.05) is 11.9 Å². The van der Waals surface area contributed by atoms with Gasteiger partial charge in [0.15, 0.2) is 0 Å². The zero-order valence-corrected chi connectivity index (χ0v) is 11.7. The Kier molecular flexibility index (Phi) is 3.65. The Balaban J connectivity index is 1.82. The van der Waals surface area contributed by atoms with Crippen molar-refractivity contribution in [2.45, 2.75) is 25.9 Å². The molecule has 1 amide bonds. The van der Waals surface area contributed by atoms with Gasteiger partial charge < -0.3 is 10.2 Å². The van der Waals surface area contributed by atoms with Crippen LogP contribution in [0.2, 0.25) is 0 Å².